The number of phenols is 9. The van der Waals surface area contributed by atoms with Gasteiger partial charge in [-0.2, -0.15) is 0 Å². The third-order valence-corrected chi connectivity index (χ3v) is 6.58. The van der Waals surface area contributed by atoms with Crippen molar-refractivity contribution in [2.45, 2.75) is 36.9 Å². The van der Waals surface area contributed by atoms with E-state index in [0.717, 1.165) is 0 Å². The lowest BCUT2D eigenvalue weighted by molar-refractivity contribution is -0.179. The van der Waals surface area contributed by atoms with Crippen LogP contribution in [0.3, 0.4) is 0 Å². The standard InChI is InChI=1S/C27H24O17/c28-11-1-8(2-12(29)19(11)34)25(39)42-17-7-18(43-26(40)9-3-13(30)20(35)14(31)4-9)23(38)24(22(17)37)44-27(41)10-5-15(32)21(36)16(33)6-10/h1-6,17-18,22-24,28-38H,7H2/t17-,18-,22-,23+,24?/m0/s1. The molecule has 1 saturated carbocycles. The highest BCUT2D eigenvalue weighted by molar-refractivity contribution is 5.92. The van der Waals surface area contributed by atoms with Crippen molar-refractivity contribution in [3.8, 4) is 51.7 Å². The molecule has 1 aliphatic carbocycles. The van der Waals surface area contributed by atoms with Gasteiger partial charge < -0.3 is 70.4 Å². The molecule has 5 atom stereocenters. The number of carbonyl (C=O) groups is 3. The minimum absolute atomic E-state index is 0.525. The Kier molecular flexibility index (Phi) is 8.36. The summed E-state index contributed by atoms with van der Waals surface area (Å²) in [5.74, 6) is -12.4. The number of rotatable bonds is 6. The van der Waals surface area contributed by atoms with Crippen LogP contribution in [-0.2, 0) is 14.2 Å². The predicted molar refractivity (Wildman–Crippen MR) is 139 cm³/mol. The first kappa shape index (κ1) is 31.1. The number of aliphatic hydroxyl groups is 2. The third-order valence-electron chi connectivity index (χ3n) is 6.58. The van der Waals surface area contributed by atoms with Crippen LogP contribution in [0, 0.1) is 0 Å². The van der Waals surface area contributed by atoms with Crippen molar-refractivity contribution in [2.24, 2.45) is 0 Å². The Morgan fingerprint density at radius 1 is 0.477 bits per heavy atom. The van der Waals surface area contributed by atoms with Gasteiger partial charge in [0.1, 0.15) is 24.4 Å². The number of phenolic OH excluding ortho intramolecular Hbond substituents is 9. The van der Waals surface area contributed by atoms with E-state index in [2.05, 4.69) is 0 Å². The molecular weight excluding hydrogens is 596 g/mol. The molecule has 3 aromatic rings. The van der Waals surface area contributed by atoms with Crippen LogP contribution in [0.1, 0.15) is 37.5 Å². The Labute approximate surface area is 244 Å². The summed E-state index contributed by atoms with van der Waals surface area (Å²) in [6.45, 7) is 0. The molecule has 0 radical (unpaired) electrons. The summed E-state index contributed by atoms with van der Waals surface area (Å²) in [6, 6.07) is 4.21. The number of benzene rings is 3. The van der Waals surface area contributed by atoms with Gasteiger partial charge in [-0.25, -0.2) is 14.4 Å². The molecule has 0 saturated heterocycles. The zero-order chi connectivity index (χ0) is 32.6. The number of aromatic hydroxyl groups is 9. The smallest absolute Gasteiger partial charge is 0.338 e. The first-order valence-corrected chi connectivity index (χ1v) is 12.3. The molecule has 17 heteroatoms. The van der Waals surface area contributed by atoms with Crippen molar-refractivity contribution in [3.05, 3.63) is 53.1 Å². The lowest BCUT2D eigenvalue weighted by Crippen LogP contribution is -2.59. The summed E-state index contributed by atoms with van der Waals surface area (Å²) in [4.78, 5) is 38.4. The fourth-order valence-electron chi connectivity index (χ4n) is 4.28. The molecule has 0 amide bonds. The molecule has 0 bridgehead atoms. The molecular formula is C27H24O17. The topological polar surface area (TPSA) is 301 Å². The summed E-state index contributed by atoms with van der Waals surface area (Å²) in [5.41, 5.74) is -1.62. The van der Waals surface area contributed by atoms with Gasteiger partial charge in [0.05, 0.1) is 16.7 Å². The van der Waals surface area contributed by atoms with E-state index in [1.165, 1.54) is 0 Å². The number of ether oxygens (including phenoxy) is 3. The number of esters is 3. The molecule has 0 spiro atoms. The van der Waals surface area contributed by atoms with E-state index in [-0.39, 0.29) is 0 Å². The summed E-state index contributed by atoms with van der Waals surface area (Å²) in [5, 5.41) is 109. The summed E-state index contributed by atoms with van der Waals surface area (Å²) in [6.07, 6.45) is -10.3. The molecule has 17 nitrogen and oxygen atoms in total. The Morgan fingerprint density at radius 3 is 1.00 bits per heavy atom. The maximum Gasteiger partial charge on any atom is 0.338 e. The molecule has 1 fully saturated rings. The van der Waals surface area contributed by atoms with Crippen LogP contribution in [-0.4, -0.2) is 105 Å². The minimum atomic E-state index is -2.05. The van der Waals surface area contributed by atoms with Crippen molar-refractivity contribution in [2.75, 3.05) is 0 Å². The van der Waals surface area contributed by atoms with Gasteiger partial charge in [0.25, 0.3) is 0 Å². The van der Waals surface area contributed by atoms with Gasteiger partial charge in [0.2, 0.25) is 0 Å². The zero-order valence-corrected chi connectivity index (χ0v) is 21.9. The third kappa shape index (κ3) is 6.03. The fourth-order valence-corrected chi connectivity index (χ4v) is 4.28. The maximum atomic E-state index is 12.8. The number of carbonyl (C=O) groups excluding carboxylic acids is 3. The molecule has 3 aromatic carbocycles. The second kappa shape index (κ2) is 11.8. The van der Waals surface area contributed by atoms with Gasteiger partial charge in [-0.15, -0.1) is 0 Å². The first-order chi connectivity index (χ1) is 20.6. The van der Waals surface area contributed by atoms with Crippen molar-refractivity contribution in [1.29, 1.82) is 0 Å². The normalized spacial score (nSPS) is 21.3. The average Bonchev–Trinajstić information content (AvgIpc) is 2.96. The Hall–Kier alpha value is -5.81. The Morgan fingerprint density at radius 2 is 0.727 bits per heavy atom. The van der Waals surface area contributed by atoms with Gasteiger partial charge in [-0.3, -0.25) is 0 Å². The molecule has 0 aliphatic heterocycles. The summed E-state index contributed by atoms with van der Waals surface area (Å²) >= 11 is 0. The van der Waals surface area contributed by atoms with E-state index in [9.17, 15) is 70.6 Å². The number of hydrogen-bond donors (Lipinski definition) is 11. The second-order valence-corrected chi connectivity index (χ2v) is 9.56. The molecule has 11 N–H and O–H groups in total. The van der Waals surface area contributed by atoms with Crippen LogP contribution in [0.2, 0.25) is 0 Å². The van der Waals surface area contributed by atoms with Crippen molar-refractivity contribution in [1.82, 2.24) is 0 Å². The van der Waals surface area contributed by atoms with Crippen LogP contribution in [0.25, 0.3) is 0 Å². The maximum absolute atomic E-state index is 12.8. The van der Waals surface area contributed by atoms with Crippen LogP contribution in [0.5, 0.6) is 51.7 Å². The van der Waals surface area contributed by atoms with Crippen LogP contribution in [0.4, 0.5) is 0 Å². The van der Waals surface area contributed by atoms with E-state index in [4.69, 9.17) is 14.2 Å². The Bertz CT molecular complexity index is 1480. The molecule has 0 aromatic heterocycles. The van der Waals surface area contributed by atoms with E-state index in [0.29, 0.717) is 36.4 Å². The van der Waals surface area contributed by atoms with E-state index < -0.39 is 123 Å². The highest BCUT2D eigenvalue weighted by Gasteiger charge is 2.49. The summed E-state index contributed by atoms with van der Waals surface area (Å²) < 4.78 is 15.6. The molecule has 1 aliphatic rings. The molecule has 4 rings (SSSR count). The van der Waals surface area contributed by atoms with Crippen LogP contribution >= 0.6 is 0 Å². The van der Waals surface area contributed by atoms with E-state index in [1.807, 2.05) is 0 Å². The lowest BCUT2D eigenvalue weighted by atomic mass is 9.86. The van der Waals surface area contributed by atoms with E-state index >= 15 is 0 Å². The van der Waals surface area contributed by atoms with Gasteiger partial charge in [0, 0.05) is 6.42 Å². The summed E-state index contributed by atoms with van der Waals surface area (Å²) in [7, 11) is 0. The van der Waals surface area contributed by atoms with Gasteiger partial charge in [0.15, 0.2) is 57.8 Å². The minimum Gasteiger partial charge on any atom is -0.504 e. The number of aliphatic hydroxyl groups excluding tert-OH is 2. The second-order valence-electron chi connectivity index (χ2n) is 9.56. The molecule has 234 valence electrons. The number of hydrogen-bond acceptors (Lipinski definition) is 17. The van der Waals surface area contributed by atoms with Crippen LogP contribution < -0.4 is 0 Å². The SMILES string of the molecule is O=C(OC1[C@@H](O)[C@@H](OC(=O)c2cc(O)c(O)c(O)c2)C[C@H](OC(=O)c2cc(O)c(O)c(O)c2)[C@H]1O)c1cc(O)c(O)c(O)c1. The highest BCUT2D eigenvalue weighted by atomic mass is 16.6. The predicted octanol–water partition coefficient (Wildman–Crippen LogP) is 0.139. The Balaban J connectivity index is 1.64. The van der Waals surface area contributed by atoms with Crippen molar-refractivity contribution < 1.29 is 84.8 Å². The monoisotopic (exact) mass is 620 g/mol. The lowest BCUT2D eigenvalue weighted by Gasteiger charge is -2.41. The molecule has 44 heavy (non-hydrogen) atoms. The van der Waals surface area contributed by atoms with Gasteiger partial charge in [-0.05, 0) is 36.4 Å². The van der Waals surface area contributed by atoms with E-state index in [1.54, 1.807) is 0 Å². The molecule has 0 heterocycles. The van der Waals surface area contributed by atoms with Crippen molar-refractivity contribution >= 4 is 17.9 Å². The highest BCUT2D eigenvalue weighted by Crippen LogP contribution is 2.39. The quantitative estimate of drug-likeness (QED) is 0.0991. The largest absolute Gasteiger partial charge is 0.504 e. The van der Waals surface area contributed by atoms with Crippen LogP contribution in [0.15, 0.2) is 36.4 Å². The fraction of sp³-hybridized carbons (Fsp3) is 0.222. The zero-order valence-electron chi connectivity index (χ0n) is 21.9. The molecule has 1 unspecified atom stereocenters. The first-order valence-electron chi connectivity index (χ1n) is 12.3. The van der Waals surface area contributed by atoms with Gasteiger partial charge in [-0.1, -0.05) is 0 Å². The van der Waals surface area contributed by atoms with Crippen molar-refractivity contribution in [3.63, 3.8) is 0 Å². The van der Waals surface area contributed by atoms with Gasteiger partial charge >= 0.3 is 17.9 Å². The average molecular weight is 620 g/mol.